The molecule has 1 aromatic heterocycles. The number of hydrogen-bond acceptors (Lipinski definition) is 6. The number of methoxy groups -OCH3 is 1. The number of hydrogen-bond donors (Lipinski definition) is 0. The largest absolute Gasteiger partial charge is 0.467 e. The standard InChI is InChI=1S/C24H20Cl3N3O4/c1-33-24(32)20-3-2-10-30(20)23(31)19-12-29-21(13-28-19)34-22(14-4-6-15(25)7-5-14)17-9-8-16(26)11-18(17)27/h4-9,11-13,20,22H,2-3,10H2,1H3/t20-,22?/m0/s1. The SMILES string of the molecule is COC(=O)[C@@H]1CCCN1C(=O)c1cnc(OC(c2ccc(Cl)cc2)c2ccc(Cl)cc2Cl)cn1. The van der Waals surface area contributed by atoms with Crippen molar-refractivity contribution in [3.8, 4) is 5.88 Å². The summed E-state index contributed by atoms with van der Waals surface area (Å²) in [6.45, 7) is 0.451. The molecule has 0 bridgehead atoms. The molecule has 1 saturated heterocycles. The van der Waals surface area contributed by atoms with Gasteiger partial charge in [-0.05, 0) is 42.7 Å². The smallest absolute Gasteiger partial charge is 0.328 e. The lowest BCUT2D eigenvalue weighted by Gasteiger charge is -2.22. The van der Waals surface area contributed by atoms with E-state index in [1.54, 1.807) is 30.3 Å². The highest BCUT2D eigenvalue weighted by Gasteiger charge is 2.36. The molecule has 34 heavy (non-hydrogen) atoms. The first-order valence-corrected chi connectivity index (χ1v) is 11.6. The highest BCUT2D eigenvalue weighted by Crippen LogP contribution is 2.34. The molecule has 0 saturated carbocycles. The molecule has 0 aliphatic carbocycles. The molecular formula is C24H20Cl3N3O4. The van der Waals surface area contributed by atoms with Gasteiger partial charge in [-0.25, -0.2) is 14.8 Å². The van der Waals surface area contributed by atoms with E-state index in [1.807, 2.05) is 12.1 Å². The summed E-state index contributed by atoms with van der Waals surface area (Å²) >= 11 is 18.5. The molecule has 2 heterocycles. The number of esters is 1. The van der Waals surface area contributed by atoms with Crippen LogP contribution in [0.2, 0.25) is 15.1 Å². The number of rotatable bonds is 6. The topological polar surface area (TPSA) is 81.6 Å². The first kappa shape index (κ1) is 24.3. The van der Waals surface area contributed by atoms with Crippen LogP contribution < -0.4 is 4.74 Å². The fourth-order valence-electron chi connectivity index (χ4n) is 3.81. The van der Waals surface area contributed by atoms with Crippen molar-refractivity contribution in [2.24, 2.45) is 0 Å². The number of amides is 1. The molecule has 1 amide bonds. The van der Waals surface area contributed by atoms with Gasteiger partial charge in [0.25, 0.3) is 5.91 Å². The zero-order chi connectivity index (χ0) is 24.2. The summed E-state index contributed by atoms with van der Waals surface area (Å²) in [5.41, 5.74) is 1.57. The normalized spacial score (nSPS) is 16.2. The average molecular weight is 521 g/mol. The van der Waals surface area contributed by atoms with Crippen LogP contribution in [0, 0.1) is 0 Å². The van der Waals surface area contributed by atoms with Crippen molar-refractivity contribution in [3.63, 3.8) is 0 Å². The molecule has 1 unspecified atom stereocenters. The van der Waals surface area contributed by atoms with Crippen molar-refractivity contribution in [2.75, 3.05) is 13.7 Å². The summed E-state index contributed by atoms with van der Waals surface area (Å²) in [6.07, 6.45) is 3.33. The molecule has 4 rings (SSSR count). The fraction of sp³-hybridized carbons (Fsp3) is 0.250. The van der Waals surface area contributed by atoms with Crippen molar-refractivity contribution in [3.05, 3.63) is 86.7 Å². The molecule has 1 aliphatic rings. The van der Waals surface area contributed by atoms with Gasteiger partial charge in [-0.2, -0.15) is 0 Å². The Kier molecular flexibility index (Phi) is 7.56. The lowest BCUT2D eigenvalue weighted by Crippen LogP contribution is -2.41. The summed E-state index contributed by atoms with van der Waals surface area (Å²) in [7, 11) is 1.30. The molecule has 2 atom stereocenters. The molecule has 0 N–H and O–H groups in total. The Balaban J connectivity index is 1.58. The molecule has 176 valence electrons. The molecule has 1 fully saturated rings. The minimum Gasteiger partial charge on any atom is -0.467 e. The average Bonchev–Trinajstić information content (AvgIpc) is 3.33. The second-order valence-electron chi connectivity index (χ2n) is 7.63. The number of ether oxygens (including phenoxy) is 2. The van der Waals surface area contributed by atoms with E-state index in [0.717, 1.165) is 5.56 Å². The quantitative estimate of drug-likeness (QED) is 0.406. The van der Waals surface area contributed by atoms with Gasteiger partial charge in [0.2, 0.25) is 5.88 Å². The van der Waals surface area contributed by atoms with E-state index in [0.29, 0.717) is 40.0 Å². The van der Waals surface area contributed by atoms with Gasteiger partial charge >= 0.3 is 5.97 Å². The number of aromatic nitrogens is 2. The number of carbonyl (C=O) groups excluding carboxylic acids is 2. The summed E-state index contributed by atoms with van der Waals surface area (Å²) in [4.78, 5) is 34.8. The van der Waals surface area contributed by atoms with E-state index < -0.39 is 18.1 Å². The zero-order valence-corrected chi connectivity index (χ0v) is 20.3. The Morgan fingerprint density at radius 2 is 1.76 bits per heavy atom. The van der Waals surface area contributed by atoms with E-state index in [4.69, 9.17) is 44.3 Å². The molecule has 0 radical (unpaired) electrons. The summed E-state index contributed by atoms with van der Waals surface area (Å²) in [5.74, 6) is -0.639. The monoisotopic (exact) mass is 519 g/mol. The van der Waals surface area contributed by atoms with Crippen LogP contribution in [0.5, 0.6) is 5.88 Å². The van der Waals surface area contributed by atoms with E-state index >= 15 is 0 Å². The van der Waals surface area contributed by atoms with Crippen LogP contribution in [0.25, 0.3) is 0 Å². The predicted molar refractivity (Wildman–Crippen MR) is 128 cm³/mol. The third kappa shape index (κ3) is 5.27. The molecule has 3 aromatic rings. The van der Waals surface area contributed by atoms with Gasteiger partial charge in [-0.1, -0.05) is 53.0 Å². The van der Waals surface area contributed by atoms with E-state index in [9.17, 15) is 9.59 Å². The van der Waals surface area contributed by atoms with Crippen LogP contribution in [0.1, 0.15) is 40.6 Å². The van der Waals surface area contributed by atoms with Crippen LogP contribution in [-0.4, -0.2) is 46.4 Å². The zero-order valence-electron chi connectivity index (χ0n) is 18.1. The molecular weight excluding hydrogens is 501 g/mol. The van der Waals surface area contributed by atoms with Crippen molar-refractivity contribution < 1.29 is 19.1 Å². The maximum absolute atomic E-state index is 12.9. The van der Waals surface area contributed by atoms with Gasteiger partial charge < -0.3 is 14.4 Å². The van der Waals surface area contributed by atoms with E-state index in [-0.39, 0.29) is 17.5 Å². The minimum atomic E-state index is -0.625. The van der Waals surface area contributed by atoms with Gasteiger partial charge in [0, 0.05) is 27.2 Å². The first-order valence-electron chi connectivity index (χ1n) is 10.5. The maximum Gasteiger partial charge on any atom is 0.328 e. The summed E-state index contributed by atoms with van der Waals surface area (Å²) in [5, 5.41) is 1.51. The van der Waals surface area contributed by atoms with Gasteiger partial charge in [0.05, 0.1) is 19.5 Å². The van der Waals surface area contributed by atoms with Crippen molar-refractivity contribution in [2.45, 2.75) is 25.0 Å². The molecule has 10 heteroatoms. The highest BCUT2D eigenvalue weighted by molar-refractivity contribution is 6.35. The third-order valence-corrected chi connectivity index (χ3v) is 6.30. The van der Waals surface area contributed by atoms with Gasteiger partial charge in [-0.3, -0.25) is 4.79 Å². The summed E-state index contributed by atoms with van der Waals surface area (Å²) in [6, 6.07) is 11.7. The Labute approximate surface area is 211 Å². The lowest BCUT2D eigenvalue weighted by molar-refractivity contribution is -0.145. The number of likely N-dealkylation sites (tertiary alicyclic amines) is 1. The van der Waals surface area contributed by atoms with Crippen LogP contribution >= 0.6 is 34.8 Å². The van der Waals surface area contributed by atoms with Gasteiger partial charge in [-0.15, -0.1) is 0 Å². The van der Waals surface area contributed by atoms with Crippen LogP contribution in [0.3, 0.4) is 0 Å². The number of benzene rings is 2. The Hall–Kier alpha value is -2.87. The Morgan fingerprint density at radius 3 is 2.41 bits per heavy atom. The Morgan fingerprint density at radius 1 is 1.03 bits per heavy atom. The fourth-order valence-corrected chi connectivity index (χ4v) is 4.44. The van der Waals surface area contributed by atoms with E-state index in [2.05, 4.69) is 9.97 Å². The van der Waals surface area contributed by atoms with Crippen molar-refractivity contribution in [1.82, 2.24) is 14.9 Å². The third-order valence-electron chi connectivity index (χ3n) is 5.49. The van der Waals surface area contributed by atoms with Crippen LogP contribution in [0.15, 0.2) is 54.9 Å². The van der Waals surface area contributed by atoms with E-state index in [1.165, 1.54) is 24.4 Å². The maximum atomic E-state index is 12.9. The van der Waals surface area contributed by atoms with Crippen LogP contribution in [-0.2, 0) is 9.53 Å². The number of carbonyl (C=O) groups is 2. The predicted octanol–water partition coefficient (Wildman–Crippen LogP) is 5.38. The number of halogens is 3. The number of nitrogens with zero attached hydrogens (tertiary/aromatic N) is 3. The van der Waals surface area contributed by atoms with Crippen molar-refractivity contribution >= 4 is 46.7 Å². The molecule has 0 spiro atoms. The van der Waals surface area contributed by atoms with Gasteiger partial charge in [0.1, 0.15) is 11.7 Å². The second kappa shape index (κ2) is 10.6. The highest BCUT2D eigenvalue weighted by atomic mass is 35.5. The molecule has 7 nitrogen and oxygen atoms in total. The van der Waals surface area contributed by atoms with Crippen molar-refractivity contribution in [1.29, 1.82) is 0 Å². The molecule has 1 aliphatic heterocycles. The molecule has 2 aromatic carbocycles. The lowest BCUT2D eigenvalue weighted by atomic mass is 10.0. The Bertz CT molecular complexity index is 1190. The first-order chi connectivity index (χ1) is 16.4. The summed E-state index contributed by atoms with van der Waals surface area (Å²) < 4.78 is 10.9. The van der Waals surface area contributed by atoms with Crippen LogP contribution in [0.4, 0.5) is 0 Å². The second-order valence-corrected chi connectivity index (χ2v) is 8.91. The van der Waals surface area contributed by atoms with Gasteiger partial charge in [0.15, 0.2) is 6.10 Å². The minimum absolute atomic E-state index is 0.107.